The van der Waals surface area contributed by atoms with Gasteiger partial charge in [0.05, 0.1) is 18.8 Å². The van der Waals surface area contributed by atoms with E-state index < -0.39 is 5.82 Å². The number of aliphatic imine (C=N–C) groups is 1. The van der Waals surface area contributed by atoms with Gasteiger partial charge in [0.25, 0.3) is 0 Å². The maximum Gasteiger partial charge on any atom is 0.191 e. The molecule has 0 aliphatic heterocycles. The highest BCUT2D eigenvalue weighted by Gasteiger charge is 2.08. The van der Waals surface area contributed by atoms with Crippen molar-refractivity contribution in [3.8, 4) is 11.5 Å². The van der Waals surface area contributed by atoms with Crippen LogP contribution in [0.2, 0.25) is 0 Å². The van der Waals surface area contributed by atoms with Crippen LogP contribution in [-0.2, 0) is 20.1 Å². The number of guanidine groups is 1. The van der Waals surface area contributed by atoms with E-state index in [9.17, 15) is 4.39 Å². The second-order valence-corrected chi connectivity index (χ2v) is 6.14. The van der Waals surface area contributed by atoms with Crippen molar-refractivity contribution in [2.75, 3.05) is 6.54 Å². The van der Waals surface area contributed by atoms with Gasteiger partial charge in [-0.1, -0.05) is 30.3 Å². The first-order chi connectivity index (χ1) is 13.7. The fourth-order valence-electron chi connectivity index (χ4n) is 2.63. The summed E-state index contributed by atoms with van der Waals surface area (Å²) in [7, 11) is 1.90. The van der Waals surface area contributed by atoms with Crippen LogP contribution in [0.1, 0.15) is 18.2 Å². The number of benzene rings is 2. The highest BCUT2D eigenvalue weighted by Crippen LogP contribution is 2.27. The Bertz CT molecular complexity index is 938. The van der Waals surface area contributed by atoms with Crippen LogP contribution in [0.15, 0.2) is 65.8 Å². The van der Waals surface area contributed by atoms with Gasteiger partial charge in [0.2, 0.25) is 0 Å². The van der Waals surface area contributed by atoms with Gasteiger partial charge in [-0.2, -0.15) is 5.10 Å². The number of aromatic nitrogens is 2. The van der Waals surface area contributed by atoms with Gasteiger partial charge in [-0.05, 0) is 31.2 Å². The SMILES string of the molecule is CCNC(=NCc1ccccc1Oc1ccccc1F)NCc1ccnn1C. The maximum absolute atomic E-state index is 13.9. The zero-order valence-corrected chi connectivity index (χ0v) is 16.0. The Morgan fingerprint density at radius 2 is 1.82 bits per heavy atom. The quantitative estimate of drug-likeness (QED) is 0.485. The minimum absolute atomic E-state index is 0.195. The lowest BCUT2D eigenvalue weighted by Crippen LogP contribution is -2.37. The summed E-state index contributed by atoms with van der Waals surface area (Å²) in [5, 5.41) is 10.7. The molecule has 2 N–H and O–H groups in total. The number of hydrogen-bond acceptors (Lipinski definition) is 3. The van der Waals surface area contributed by atoms with Crippen LogP contribution < -0.4 is 15.4 Å². The molecule has 146 valence electrons. The summed E-state index contributed by atoms with van der Waals surface area (Å²) in [5.74, 6) is 1.07. The lowest BCUT2D eigenvalue weighted by molar-refractivity contribution is 0.438. The summed E-state index contributed by atoms with van der Waals surface area (Å²) in [5.41, 5.74) is 1.91. The monoisotopic (exact) mass is 381 g/mol. The number of aryl methyl sites for hydroxylation is 1. The third-order valence-electron chi connectivity index (χ3n) is 4.14. The Morgan fingerprint density at radius 1 is 1.07 bits per heavy atom. The molecule has 0 unspecified atom stereocenters. The van der Waals surface area contributed by atoms with Crippen molar-refractivity contribution < 1.29 is 9.13 Å². The first-order valence-electron chi connectivity index (χ1n) is 9.16. The van der Waals surface area contributed by atoms with E-state index in [-0.39, 0.29) is 5.75 Å². The Morgan fingerprint density at radius 3 is 2.54 bits per heavy atom. The largest absolute Gasteiger partial charge is 0.454 e. The standard InChI is InChI=1S/C21H24FN5O/c1-3-23-21(25-15-17-12-13-26-27(17)2)24-14-16-8-4-6-10-19(16)28-20-11-7-5-9-18(20)22/h4-13H,3,14-15H2,1-2H3,(H2,23,24,25). The minimum Gasteiger partial charge on any atom is -0.454 e. The molecule has 7 heteroatoms. The molecule has 0 atom stereocenters. The molecule has 0 radical (unpaired) electrons. The molecule has 1 heterocycles. The van der Waals surface area contributed by atoms with Gasteiger partial charge in [0.1, 0.15) is 5.75 Å². The Balaban J connectivity index is 1.72. The highest BCUT2D eigenvalue weighted by atomic mass is 19.1. The second kappa shape index (κ2) is 9.55. The van der Waals surface area contributed by atoms with Crippen LogP contribution in [-0.4, -0.2) is 22.3 Å². The summed E-state index contributed by atoms with van der Waals surface area (Å²) < 4.78 is 21.5. The summed E-state index contributed by atoms with van der Waals surface area (Å²) >= 11 is 0. The molecule has 0 saturated carbocycles. The summed E-state index contributed by atoms with van der Waals surface area (Å²) in [4.78, 5) is 4.63. The predicted octanol–water partition coefficient (Wildman–Crippen LogP) is 3.61. The molecule has 0 amide bonds. The molecule has 1 aromatic heterocycles. The third-order valence-corrected chi connectivity index (χ3v) is 4.14. The number of nitrogens with one attached hydrogen (secondary N) is 2. The fourth-order valence-corrected chi connectivity index (χ4v) is 2.63. The van der Waals surface area contributed by atoms with Crippen molar-refractivity contribution in [3.63, 3.8) is 0 Å². The Kier molecular flexibility index (Phi) is 6.62. The molecule has 0 spiro atoms. The van der Waals surface area contributed by atoms with Gasteiger partial charge in [0.15, 0.2) is 17.5 Å². The lowest BCUT2D eigenvalue weighted by atomic mass is 10.2. The fraction of sp³-hybridized carbons (Fsp3) is 0.238. The Hall–Kier alpha value is -3.35. The first kappa shape index (κ1) is 19.4. The van der Waals surface area contributed by atoms with Crippen molar-refractivity contribution in [2.24, 2.45) is 12.0 Å². The molecule has 3 aromatic rings. The average molecular weight is 381 g/mol. The van der Waals surface area contributed by atoms with E-state index in [4.69, 9.17) is 4.74 Å². The first-order valence-corrected chi connectivity index (χ1v) is 9.16. The van der Waals surface area contributed by atoms with E-state index in [1.165, 1.54) is 6.07 Å². The number of hydrogen-bond donors (Lipinski definition) is 2. The Labute approximate surface area is 164 Å². The maximum atomic E-state index is 13.9. The van der Waals surface area contributed by atoms with Crippen LogP contribution >= 0.6 is 0 Å². The average Bonchev–Trinajstić information content (AvgIpc) is 3.11. The number of para-hydroxylation sites is 2. The number of ether oxygens (including phenoxy) is 1. The molecule has 0 aliphatic rings. The van der Waals surface area contributed by atoms with E-state index in [0.29, 0.717) is 24.8 Å². The zero-order chi connectivity index (χ0) is 19.8. The van der Waals surface area contributed by atoms with Crippen molar-refractivity contribution >= 4 is 5.96 Å². The second-order valence-electron chi connectivity index (χ2n) is 6.14. The molecule has 0 saturated heterocycles. The number of rotatable bonds is 7. The van der Waals surface area contributed by atoms with Gasteiger partial charge in [-0.3, -0.25) is 4.68 Å². The van der Waals surface area contributed by atoms with Crippen molar-refractivity contribution in [2.45, 2.75) is 20.0 Å². The molecule has 28 heavy (non-hydrogen) atoms. The summed E-state index contributed by atoms with van der Waals surface area (Å²) in [6.45, 7) is 3.75. The van der Waals surface area contributed by atoms with Crippen molar-refractivity contribution in [3.05, 3.63) is 77.9 Å². The van der Waals surface area contributed by atoms with Crippen molar-refractivity contribution in [1.29, 1.82) is 0 Å². The van der Waals surface area contributed by atoms with E-state index in [2.05, 4.69) is 20.7 Å². The number of halogens is 1. The van der Waals surface area contributed by atoms with E-state index in [1.54, 1.807) is 24.4 Å². The lowest BCUT2D eigenvalue weighted by Gasteiger charge is -2.13. The van der Waals surface area contributed by atoms with Gasteiger partial charge in [-0.15, -0.1) is 0 Å². The zero-order valence-electron chi connectivity index (χ0n) is 16.0. The van der Waals surface area contributed by atoms with E-state index in [0.717, 1.165) is 17.8 Å². The predicted molar refractivity (Wildman–Crippen MR) is 108 cm³/mol. The number of nitrogens with zero attached hydrogens (tertiary/aromatic N) is 3. The third kappa shape index (κ3) is 5.09. The molecule has 2 aromatic carbocycles. The van der Waals surface area contributed by atoms with Gasteiger partial charge in [0, 0.05) is 25.4 Å². The molecule has 3 rings (SSSR count). The topological polar surface area (TPSA) is 63.5 Å². The minimum atomic E-state index is -0.396. The van der Waals surface area contributed by atoms with Crippen LogP contribution in [0.25, 0.3) is 0 Å². The molecular weight excluding hydrogens is 357 g/mol. The van der Waals surface area contributed by atoms with Gasteiger partial charge < -0.3 is 15.4 Å². The van der Waals surface area contributed by atoms with Crippen LogP contribution in [0.3, 0.4) is 0 Å². The van der Waals surface area contributed by atoms with Crippen LogP contribution in [0.5, 0.6) is 11.5 Å². The molecular formula is C21H24FN5O. The van der Waals surface area contributed by atoms with Gasteiger partial charge in [-0.25, -0.2) is 9.38 Å². The summed E-state index contributed by atoms with van der Waals surface area (Å²) in [6.07, 6.45) is 1.76. The van der Waals surface area contributed by atoms with E-state index in [1.807, 2.05) is 49.0 Å². The summed E-state index contributed by atoms with van der Waals surface area (Å²) in [6, 6.07) is 15.8. The van der Waals surface area contributed by atoms with Crippen LogP contribution in [0, 0.1) is 5.82 Å². The smallest absolute Gasteiger partial charge is 0.191 e. The molecule has 0 fully saturated rings. The highest BCUT2D eigenvalue weighted by molar-refractivity contribution is 5.79. The normalized spacial score (nSPS) is 11.3. The van der Waals surface area contributed by atoms with Gasteiger partial charge >= 0.3 is 0 Å². The van der Waals surface area contributed by atoms with Crippen molar-refractivity contribution in [1.82, 2.24) is 20.4 Å². The molecule has 0 aliphatic carbocycles. The molecule has 0 bridgehead atoms. The van der Waals surface area contributed by atoms with Crippen LogP contribution in [0.4, 0.5) is 4.39 Å². The molecule has 6 nitrogen and oxygen atoms in total. The van der Waals surface area contributed by atoms with E-state index >= 15 is 0 Å².